The Kier molecular flexibility index (Phi) is 4.08. The zero-order valence-electron chi connectivity index (χ0n) is 8.17. The third-order valence-electron chi connectivity index (χ3n) is 1.34. The van der Waals surface area contributed by atoms with Gasteiger partial charge in [-0.2, -0.15) is 13.2 Å². The van der Waals surface area contributed by atoms with E-state index in [4.69, 9.17) is 5.11 Å². The van der Waals surface area contributed by atoms with Gasteiger partial charge in [0.05, 0.1) is 14.1 Å². The summed E-state index contributed by atoms with van der Waals surface area (Å²) in [6, 6.07) is 0. The number of hydrogen-bond donors (Lipinski definition) is 1. The van der Waals surface area contributed by atoms with Gasteiger partial charge in [-0.25, -0.2) is 9.59 Å². The lowest BCUT2D eigenvalue weighted by atomic mass is 10.5. The van der Waals surface area contributed by atoms with Gasteiger partial charge in [-0.05, 0) is 0 Å². The number of alkyl halides is 3. The van der Waals surface area contributed by atoms with Gasteiger partial charge in [0.1, 0.15) is 0 Å². The molecule has 88 valence electrons. The van der Waals surface area contributed by atoms with Gasteiger partial charge in [0.25, 0.3) is 0 Å². The maximum Gasteiger partial charge on any atom is 0.491 e. The summed E-state index contributed by atoms with van der Waals surface area (Å²) >= 11 is 0. The Hall–Kier alpha value is -1.31. The fraction of sp³-hybridized carbons (Fsp3) is 0.714. The first kappa shape index (κ1) is 13.7. The minimum absolute atomic E-state index is 0.378. The van der Waals surface area contributed by atoms with E-state index >= 15 is 0 Å². The van der Waals surface area contributed by atoms with Crippen LogP contribution < -0.4 is 0 Å². The van der Waals surface area contributed by atoms with Crippen LogP contribution in [-0.4, -0.2) is 55.1 Å². The standard InChI is InChI=1S/C7H10F3NO4/c1-11(2,3-5(12)13)4-15-6(14)7(8,9)10/h3-4H2,1-2H3/p+1. The number of quaternary nitrogens is 1. The molecule has 0 spiro atoms. The Balaban J connectivity index is 4.15. The predicted molar refractivity (Wildman–Crippen MR) is 41.6 cm³/mol. The molecule has 0 fully saturated rings. The molecule has 0 saturated heterocycles. The van der Waals surface area contributed by atoms with E-state index in [0.717, 1.165) is 0 Å². The van der Waals surface area contributed by atoms with Gasteiger partial charge in [-0.15, -0.1) is 0 Å². The molecule has 5 nitrogen and oxygen atoms in total. The van der Waals surface area contributed by atoms with Crippen molar-refractivity contribution >= 4 is 11.9 Å². The van der Waals surface area contributed by atoms with E-state index in [1.54, 1.807) is 0 Å². The van der Waals surface area contributed by atoms with Crippen LogP contribution in [0.1, 0.15) is 0 Å². The quantitative estimate of drug-likeness (QED) is 0.426. The highest BCUT2D eigenvalue weighted by molar-refractivity contribution is 5.75. The number of carbonyl (C=O) groups excluding carboxylic acids is 1. The van der Waals surface area contributed by atoms with Crippen LogP contribution in [0.15, 0.2) is 0 Å². The smallest absolute Gasteiger partial charge is 0.477 e. The van der Waals surface area contributed by atoms with Crippen molar-refractivity contribution in [2.75, 3.05) is 27.4 Å². The first-order chi connectivity index (χ1) is 6.54. The fourth-order valence-corrected chi connectivity index (χ4v) is 0.727. The summed E-state index contributed by atoms with van der Waals surface area (Å²) in [5, 5.41) is 8.40. The highest BCUT2D eigenvalue weighted by atomic mass is 19.4. The molecule has 0 radical (unpaired) electrons. The summed E-state index contributed by atoms with van der Waals surface area (Å²) < 4.78 is 38.6. The van der Waals surface area contributed by atoms with Crippen LogP contribution in [0.5, 0.6) is 0 Å². The van der Waals surface area contributed by atoms with E-state index in [1.165, 1.54) is 14.1 Å². The molecular weight excluding hydrogens is 219 g/mol. The van der Waals surface area contributed by atoms with Crippen molar-refractivity contribution in [1.29, 1.82) is 0 Å². The monoisotopic (exact) mass is 230 g/mol. The lowest BCUT2D eigenvalue weighted by Crippen LogP contribution is -2.47. The van der Waals surface area contributed by atoms with E-state index in [9.17, 15) is 22.8 Å². The Labute approximate surface area is 83.6 Å². The molecule has 1 N–H and O–H groups in total. The zero-order chi connectivity index (χ0) is 12.3. The molecule has 0 aromatic carbocycles. The number of hydrogen-bond acceptors (Lipinski definition) is 3. The molecule has 8 heteroatoms. The summed E-state index contributed by atoms with van der Waals surface area (Å²) in [5.41, 5.74) is 0. The normalized spacial score (nSPS) is 12.3. The van der Waals surface area contributed by atoms with E-state index in [1.807, 2.05) is 0 Å². The van der Waals surface area contributed by atoms with Crippen molar-refractivity contribution in [2.24, 2.45) is 0 Å². The van der Waals surface area contributed by atoms with Crippen LogP contribution in [0.3, 0.4) is 0 Å². The summed E-state index contributed by atoms with van der Waals surface area (Å²) in [6.07, 6.45) is -5.05. The summed E-state index contributed by atoms with van der Waals surface area (Å²) in [5.74, 6) is -3.51. The molecule has 0 unspecified atom stereocenters. The lowest BCUT2D eigenvalue weighted by Gasteiger charge is -2.26. The van der Waals surface area contributed by atoms with Crippen molar-refractivity contribution in [1.82, 2.24) is 0 Å². The number of likely N-dealkylation sites (N-methyl/N-ethyl adjacent to an activating group) is 1. The predicted octanol–water partition coefficient (Wildman–Crippen LogP) is 0.210. The zero-order valence-corrected chi connectivity index (χ0v) is 8.17. The molecular formula is C7H11F3NO4+. The average Bonchev–Trinajstić information content (AvgIpc) is 1.95. The third kappa shape index (κ3) is 5.89. The first-order valence-electron chi connectivity index (χ1n) is 3.82. The van der Waals surface area contributed by atoms with Crippen LogP contribution >= 0.6 is 0 Å². The van der Waals surface area contributed by atoms with Crippen molar-refractivity contribution in [3.63, 3.8) is 0 Å². The molecule has 0 bridgehead atoms. The van der Waals surface area contributed by atoms with Gasteiger partial charge < -0.3 is 9.84 Å². The molecule has 0 aliphatic rings. The summed E-state index contributed by atoms with van der Waals surface area (Å²) in [6.45, 7) is -1.09. The average molecular weight is 230 g/mol. The molecule has 0 aromatic heterocycles. The number of esters is 1. The molecule has 0 aliphatic heterocycles. The second kappa shape index (κ2) is 4.47. The second-order valence-corrected chi connectivity index (χ2v) is 3.55. The minimum Gasteiger partial charge on any atom is -0.477 e. The van der Waals surface area contributed by atoms with Gasteiger partial charge >= 0.3 is 18.1 Å². The molecule has 0 heterocycles. The summed E-state index contributed by atoms with van der Waals surface area (Å²) in [7, 11) is 2.66. The van der Waals surface area contributed by atoms with Crippen molar-refractivity contribution in [3.8, 4) is 0 Å². The number of aliphatic carboxylic acids is 1. The van der Waals surface area contributed by atoms with Crippen molar-refractivity contribution in [2.45, 2.75) is 6.18 Å². The topological polar surface area (TPSA) is 63.6 Å². The SMILES string of the molecule is C[N+](C)(COC(=O)C(F)(F)F)CC(=O)O. The third-order valence-corrected chi connectivity index (χ3v) is 1.34. The number of halogens is 3. The van der Waals surface area contributed by atoms with Crippen molar-refractivity contribution < 1.29 is 37.1 Å². The minimum atomic E-state index is -5.05. The Morgan fingerprint density at radius 3 is 2.13 bits per heavy atom. The van der Waals surface area contributed by atoms with Gasteiger partial charge in [-0.3, -0.25) is 4.48 Å². The Morgan fingerprint density at radius 1 is 1.33 bits per heavy atom. The molecule has 0 saturated carbocycles. The second-order valence-electron chi connectivity index (χ2n) is 3.55. The Morgan fingerprint density at radius 2 is 1.80 bits per heavy atom. The number of carboxylic acid groups (broad SMARTS) is 1. The maximum atomic E-state index is 11.7. The van der Waals surface area contributed by atoms with E-state index in [0.29, 0.717) is 0 Å². The molecule has 0 amide bonds. The van der Waals surface area contributed by atoms with Crippen LogP contribution in [0.4, 0.5) is 13.2 Å². The van der Waals surface area contributed by atoms with Gasteiger partial charge in [0.2, 0.25) is 6.73 Å². The van der Waals surface area contributed by atoms with Crippen LogP contribution in [0, 0.1) is 0 Å². The van der Waals surface area contributed by atoms with Gasteiger partial charge in [0.15, 0.2) is 6.54 Å². The number of rotatable bonds is 4. The number of ether oxygens (including phenoxy) is 1. The van der Waals surface area contributed by atoms with Crippen LogP contribution in [0.2, 0.25) is 0 Å². The largest absolute Gasteiger partial charge is 0.491 e. The molecule has 0 atom stereocenters. The van der Waals surface area contributed by atoms with Crippen molar-refractivity contribution in [3.05, 3.63) is 0 Å². The molecule has 0 rings (SSSR count). The summed E-state index contributed by atoms with van der Waals surface area (Å²) in [4.78, 5) is 20.6. The fourth-order valence-electron chi connectivity index (χ4n) is 0.727. The molecule has 15 heavy (non-hydrogen) atoms. The number of carboxylic acids is 1. The first-order valence-corrected chi connectivity index (χ1v) is 3.82. The Bertz CT molecular complexity index is 261. The van der Waals surface area contributed by atoms with E-state index < -0.39 is 31.4 Å². The number of carbonyl (C=O) groups is 2. The van der Waals surface area contributed by atoms with E-state index in [2.05, 4.69) is 4.74 Å². The maximum absolute atomic E-state index is 11.7. The van der Waals surface area contributed by atoms with E-state index in [-0.39, 0.29) is 4.48 Å². The number of nitrogens with zero attached hydrogens (tertiary/aromatic N) is 1. The lowest BCUT2D eigenvalue weighted by molar-refractivity contribution is -0.900. The van der Waals surface area contributed by atoms with Gasteiger partial charge in [-0.1, -0.05) is 0 Å². The highest BCUT2D eigenvalue weighted by Gasteiger charge is 2.42. The van der Waals surface area contributed by atoms with Crippen LogP contribution in [0.25, 0.3) is 0 Å². The molecule has 0 aromatic rings. The molecule has 0 aliphatic carbocycles. The van der Waals surface area contributed by atoms with Gasteiger partial charge in [0, 0.05) is 0 Å². The van der Waals surface area contributed by atoms with Crippen LogP contribution in [-0.2, 0) is 14.3 Å². The highest BCUT2D eigenvalue weighted by Crippen LogP contribution is 2.16.